The van der Waals surface area contributed by atoms with Crippen molar-refractivity contribution in [1.82, 2.24) is 0 Å². The van der Waals surface area contributed by atoms with Gasteiger partial charge in [-0.2, -0.15) is 0 Å². The molecule has 0 aliphatic rings. The van der Waals surface area contributed by atoms with E-state index in [2.05, 4.69) is 0 Å². The topological polar surface area (TPSA) is 121 Å². The van der Waals surface area contributed by atoms with Crippen molar-refractivity contribution in [3.05, 3.63) is 47.5 Å². The summed E-state index contributed by atoms with van der Waals surface area (Å²) in [5.74, 6) is -0.356. The number of rotatable bonds is 11. The highest BCUT2D eigenvalue weighted by molar-refractivity contribution is 5.41. The molecule has 2 aromatic carbocycles. The van der Waals surface area contributed by atoms with Crippen LogP contribution in [0.15, 0.2) is 36.4 Å². The number of aromatic hydroxyl groups is 4. The van der Waals surface area contributed by atoms with Crippen LogP contribution in [0.5, 0.6) is 23.0 Å². The number of phenols is 4. The Morgan fingerprint density at radius 2 is 1.07 bits per heavy atom. The first-order valence-corrected chi connectivity index (χ1v) is 9.68. The van der Waals surface area contributed by atoms with E-state index in [4.69, 9.17) is 5.11 Å². The molecule has 0 heterocycles. The molecule has 28 heavy (non-hydrogen) atoms. The Balaban J connectivity index is 2.21. The van der Waals surface area contributed by atoms with Crippen LogP contribution in [-0.2, 0) is 12.8 Å². The molecular weight excluding hydrogens is 360 g/mol. The Morgan fingerprint density at radius 3 is 1.50 bits per heavy atom. The first kappa shape index (κ1) is 21.9. The van der Waals surface area contributed by atoms with Gasteiger partial charge in [0.1, 0.15) is 0 Å². The predicted octanol–water partition coefficient (Wildman–Crippen LogP) is 3.07. The summed E-state index contributed by atoms with van der Waals surface area (Å²) in [7, 11) is 0. The number of hydrogen-bond acceptors (Lipinski definition) is 6. The third-order valence-corrected chi connectivity index (χ3v) is 5.23. The van der Waals surface area contributed by atoms with Gasteiger partial charge >= 0.3 is 0 Å². The fraction of sp³-hybridized carbons (Fsp3) is 0.455. The minimum atomic E-state index is -0.166. The number of hydrogen-bond donors (Lipinski definition) is 6. The summed E-state index contributed by atoms with van der Waals surface area (Å²) >= 11 is 0. The lowest BCUT2D eigenvalue weighted by Gasteiger charge is -2.27. The summed E-state index contributed by atoms with van der Waals surface area (Å²) in [6.45, 7) is 0.162. The molecule has 0 amide bonds. The van der Waals surface area contributed by atoms with Crippen molar-refractivity contribution in [3.63, 3.8) is 0 Å². The zero-order chi connectivity index (χ0) is 20.5. The molecule has 6 N–H and O–H groups in total. The van der Waals surface area contributed by atoms with Gasteiger partial charge in [0.05, 0.1) is 0 Å². The van der Waals surface area contributed by atoms with Crippen molar-refractivity contribution < 1.29 is 30.6 Å². The summed E-state index contributed by atoms with van der Waals surface area (Å²) in [6, 6.07) is 9.55. The van der Waals surface area contributed by atoms with E-state index in [9.17, 15) is 25.5 Å². The molecule has 2 rings (SSSR count). The molecular formula is C22H30O6. The molecule has 0 spiro atoms. The maximum atomic E-state index is 9.79. The van der Waals surface area contributed by atoms with Crippen molar-refractivity contribution in [2.24, 2.45) is 11.8 Å². The van der Waals surface area contributed by atoms with E-state index in [1.165, 1.54) is 18.2 Å². The van der Waals surface area contributed by atoms with Crippen LogP contribution in [0, 0.1) is 11.8 Å². The summed E-state index contributed by atoms with van der Waals surface area (Å²) in [6.07, 6.45) is 4.25. The smallest absolute Gasteiger partial charge is 0.157 e. The van der Waals surface area contributed by atoms with E-state index in [-0.39, 0.29) is 48.0 Å². The lowest BCUT2D eigenvalue weighted by Crippen LogP contribution is -2.21. The average Bonchev–Trinajstić information content (AvgIpc) is 2.66. The van der Waals surface area contributed by atoms with Gasteiger partial charge in [-0.3, -0.25) is 0 Å². The van der Waals surface area contributed by atoms with Gasteiger partial charge in [-0.1, -0.05) is 18.6 Å². The fourth-order valence-electron chi connectivity index (χ4n) is 3.69. The number of aliphatic hydroxyl groups is 2. The monoisotopic (exact) mass is 390 g/mol. The lowest BCUT2D eigenvalue weighted by molar-refractivity contribution is 0.203. The van der Waals surface area contributed by atoms with E-state index in [1.807, 2.05) is 0 Å². The highest BCUT2D eigenvalue weighted by atomic mass is 16.3. The molecule has 0 aliphatic carbocycles. The van der Waals surface area contributed by atoms with Crippen LogP contribution in [0.4, 0.5) is 0 Å². The first-order valence-electron chi connectivity index (χ1n) is 9.68. The van der Waals surface area contributed by atoms with Crippen LogP contribution in [0.25, 0.3) is 0 Å². The van der Waals surface area contributed by atoms with Crippen molar-refractivity contribution in [1.29, 1.82) is 0 Å². The number of aliphatic hydroxyl groups excluding tert-OH is 2. The van der Waals surface area contributed by atoms with Crippen LogP contribution in [0.2, 0.25) is 0 Å². The largest absolute Gasteiger partial charge is 0.504 e. The standard InChI is InChI=1S/C22H30O6/c23-9-2-1-3-17(11-15-4-6-19(25)21(27)13-15)18(8-10-24)12-16-5-7-20(26)22(28)14-16/h4-7,13-14,17-18,23-28H,1-3,8-12H2/t17-,18-/m1/s1. The van der Waals surface area contributed by atoms with Crippen molar-refractivity contribution in [2.45, 2.75) is 38.5 Å². The van der Waals surface area contributed by atoms with Gasteiger partial charge in [-0.15, -0.1) is 0 Å². The normalized spacial score (nSPS) is 13.4. The zero-order valence-electron chi connectivity index (χ0n) is 16.0. The second-order valence-corrected chi connectivity index (χ2v) is 7.31. The molecule has 0 unspecified atom stereocenters. The lowest BCUT2D eigenvalue weighted by atomic mass is 9.78. The Bertz CT molecular complexity index is 746. The molecule has 0 bridgehead atoms. The minimum absolute atomic E-state index is 0.0338. The maximum absolute atomic E-state index is 9.79. The fourth-order valence-corrected chi connectivity index (χ4v) is 3.69. The molecule has 0 aliphatic heterocycles. The van der Waals surface area contributed by atoms with E-state index in [0.717, 1.165) is 24.0 Å². The molecule has 0 radical (unpaired) electrons. The summed E-state index contributed by atoms with van der Waals surface area (Å²) in [5, 5.41) is 57.3. The molecule has 6 nitrogen and oxygen atoms in total. The van der Waals surface area contributed by atoms with Gasteiger partial charge < -0.3 is 30.6 Å². The van der Waals surface area contributed by atoms with Crippen LogP contribution in [0.1, 0.15) is 36.8 Å². The molecule has 0 saturated heterocycles. The Morgan fingerprint density at radius 1 is 0.571 bits per heavy atom. The third-order valence-electron chi connectivity index (χ3n) is 5.23. The van der Waals surface area contributed by atoms with Gasteiger partial charge in [0.2, 0.25) is 0 Å². The molecule has 2 atom stereocenters. The molecule has 6 heteroatoms. The summed E-state index contributed by atoms with van der Waals surface area (Å²) in [5.41, 5.74) is 1.76. The van der Waals surface area contributed by atoms with Gasteiger partial charge in [0, 0.05) is 13.2 Å². The predicted molar refractivity (Wildman–Crippen MR) is 107 cm³/mol. The highest BCUT2D eigenvalue weighted by Crippen LogP contribution is 2.33. The quantitative estimate of drug-likeness (QED) is 0.259. The van der Waals surface area contributed by atoms with Crippen LogP contribution in [-0.4, -0.2) is 43.9 Å². The van der Waals surface area contributed by atoms with Crippen LogP contribution in [0.3, 0.4) is 0 Å². The Kier molecular flexibility index (Phi) is 8.42. The zero-order valence-corrected chi connectivity index (χ0v) is 16.0. The third kappa shape index (κ3) is 6.32. The summed E-state index contributed by atoms with van der Waals surface area (Å²) < 4.78 is 0. The van der Waals surface area contributed by atoms with Crippen molar-refractivity contribution >= 4 is 0 Å². The number of phenolic OH excluding ortho intramolecular Hbond substituents is 4. The maximum Gasteiger partial charge on any atom is 0.157 e. The van der Waals surface area contributed by atoms with E-state index >= 15 is 0 Å². The SMILES string of the molecule is OCCCC[C@H](Cc1ccc(O)c(O)c1)[C@H](CCO)Cc1ccc(O)c(O)c1. The van der Waals surface area contributed by atoms with Gasteiger partial charge in [-0.25, -0.2) is 0 Å². The molecule has 154 valence electrons. The number of benzene rings is 2. The molecule has 0 fully saturated rings. The van der Waals surface area contributed by atoms with Crippen LogP contribution >= 0.6 is 0 Å². The van der Waals surface area contributed by atoms with Crippen LogP contribution < -0.4 is 0 Å². The Labute approximate surface area is 165 Å². The molecule has 0 saturated carbocycles. The van der Waals surface area contributed by atoms with E-state index in [1.54, 1.807) is 18.2 Å². The van der Waals surface area contributed by atoms with Gasteiger partial charge in [0.25, 0.3) is 0 Å². The van der Waals surface area contributed by atoms with E-state index in [0.29, 0.717) is 25.7 Å². The Hall–Kier alpha value is -2.44. The van der Waals surface area contributed by atoms with E-state index < -0.39 is 0 Å². The van der Waals surface area contributed by atoms with Crippen molar-refractivity contribution in [2.75, 3.05) is 13.2 Å². The van der Waals surface area contributed by atoms with Gasteiger partial charge in [0.15, 0.2) is 23.0 Å². The number of unbranched alkanes of at least 4 members (excludes halogenated alkanes) is 1. The first-order chi connectivity index (χ1) is 13.4. The molecule has 2 aromatic rings. The van der Waals surface area contributed by atoms with Crippen molar-refractivity contribution in [3.8, 4) is 23.0 Å². The second-order valence-electron chi connectivity index (χ2n) is 7.31. The average molecular weight is 390 g/mol. The minimum Gasteiger partial charge on any atom is -0.504 e. The van der Waals surface area contributed by atoms with Gasteiger partial charge in [-0.05, 0) is 79.3 Å². The summed E-state index contributed by atoms with van der Waals surface area (Å²) in [4.78, 5) is 0. The second kappa shape index (κ2) is 10.8. The highest BCUT2D eigenvalue weighted by Gasteiger charge is 2.23. The molecule has 0 aromatic heterocycles.